The zero-order chi connectivity index (χ0) is 11.9. The summed E-state index contributed by atoms with van der Waals surface area (Å²) in [5.41, 5.74) is 2.70. The van der Waals surface area contributed by atoms with Crippen LogP contribution in [-0.4, -0.2) is 24.2 Å². The molecule has 1 aliphatic rings. The molecule has 1 aliphatic heterocycles. The zero-order valence-corrected chi connectivity index (χ0v) is 10.4. The number of aromatic nitrogens is 1. The Morgan fingerprint density at radius 3 is 2.88 bits per heavy atom. The molecule has 2 rings (SSSR count). The highest BCUT2D eigenvalue weighted by Crippen LogP contribution is 2.18. The van der Waals surface area contributed by atoms with Gasteiger partial charge in [0.2, 0.25) is 0 Å². The van der Waals surface area contributed by atoms with Crippen LogP contribution in [0.4, 0.5) is 0 Å². The first-order chi connectivity index (χ1) is 8.40. The van der Waals surface area contributed by atoms with Crippen molar-refractivity contribution >= 4 is 0 Å². The van der Waals surface area contributed by atoms with Gasteiger partial charge < -0.3 is 10.1 Å². The second-order valence-electron chi connectivity index (χ2n) is 4.34. The molecule has 0 saturated heterocycles. The number of likely N-dealkylation sites (N-methyl/N-ethyl adjacent to an activating group) is 1. The van der Waals surface area contributed by atoms with E-state index in [1.165, 1.54) is 11.1 Å². The van der Waals surface area contributed by atoms with E-state index in [1.807, 2.05) is 18.7 Å². The predicted octanol–water partition coefficient (Wildman–Crippen LogP) is 2.30. The molecule has 0 aliphatic carbocycles. The molecule has 0 aromatic carbocycles. The fourth-order valence-electron chi connectivity index (χ4n) is 2.18. The molecule has 0 amide bonds. The number of hydrogen-bond acceptors (Lipinski definition) is 3. The molecule has 0 radical (unpaired) electrons. The monoisotopic (exact) mass is 232 g/mol. The Morgan fingerprint density at radius 2 is 2.24 bits per heavy atom. The van der Waals surface area contributed by atoms with Crippen LogP contribution in [0.2, 0.25) is 0 Å². The molecule has 1 N–H and O–H groups in total. The standard InChI is InChI=1S/C14H20N2O/c1-2-16-14(13-4-3-9-17-11-13)10-12-5-7-15-8-6-12/h5-8,11,14,16H,2-4,9-10H2,1H3. The van der Waals surface area contributed by atoms with Gasteiger partial charge in [0, 0.05) is 18.4 Å². The number of nitrogens with one attached hydrogen (secondary N) is 1. The van der Waals surface area contributed by atoms with Crippen molar-refractivity contribution in [3.8, 4) is 0 Å². The SMILES string of the molecule is CCNC(Cc1ccncc1)C1=COCCC1. The highest BCUT2D eigenvalue weighted by atomic mass is 16.5. The van der Waals surface area contributed by atoms with Crippen LogP contribution in [-0.2, 0) is 11.2 Å². The van der Waals surface area contributed by atoms with Gasteiger partial charge in [-0.05, 0) is 49.1 Å². The average Bonchev–Trinajstić information content (AvgIpc) is 2.40. The topological polar surface area (TPSA) is 34.2 Å². The average molecular weight is 232 g/mol. The maximum Gasteiger partial charge on any atom is 0.0876 e. The Morgan fingerprint density at radius 1 is 1.41 bits per heavy atom. The van der Waals surface area contributed by atoms with Crippen LogP contribution >= 0.6 is 0 Å². The Hall–Kier alpha value is -1.35. The lowest BCUT2D eigenvalue weighted by Gasteiger charge is -2.24. The first kappa shape index (κ1) is 12.1. The van der Waals surface area contributed by atoms with E-state index in [9.17, 15) is 0 Å². The third-order valence-electron chi connectivity index (χ3n) is 3.05. The van der Waals surface area contributed by atoms with Crippen LogP contribution in [0.5, 0.6) is 0 Å². The molecule has 0 fully saturated rings. The molecular weight excluding hydrogens is 212 g/mol. The molecule has 2 heterocycles. The van der Waals surface area contributed by atoms with Crippen LogP contribution in [0, 0.1) is 0 Å². The Balaban J connectivity index is 2.04. The normalized spacial score (nSPS) is 17.1. The zero-order valence-electron chi connectivity index (χ0n) is 10.4. The van der Waals surface area contributed by atoms with Gasteiger partial charge in [-0.3, -0.25) is 4.98 Å². The van der Waals surface area contributed by atoms with Gasteiger partial charge in [0.1, 0.15) is 0 Å². The van der Waals surface area contributed by atoms with Crippen molar-refractivity contribution in [2.75, 3.05) is 13.2 Å². The van der Waals surface area contributed by atoms with Gasteiger partial charge in [-0.2, -0.15) is 0 Å². The maximum atomic E-state index is 5.43. The third-order valence-corrected chi connectivity index (χ3v) is 3.05. The van der Waals surface area contributed by atoms with Gasteiger partial charge in [0.05, 0.1) is 12.9 Å². The Kier molecular flexibility index (Phi) is 4.56. The molecular formula is C14H20N2O. The lowest BCUT2D eigenvalue weighted by atomic mass is 9.96. The van der Waals surface area contributed by atoms with Crippen molar-refractivity contribution in [2.45, 2.75) is 32.2 Å². The maximum absolute atomic E-state index is 5.43. The van der Waals surface area contributed by atoms with Gasteiger partial charge in [-0.15, -0.1) is 0 Å². The fourth-order valence-corrected chi connectivity index (χ4v) is 2.18. The van der Waals surface area contributed by atoms with Crippen molar-refractivity contribution in [1.29, 1.82) is 0 Å². The molecule has 3 heteroatoms. The van der Waals surface area contributed by atoms with Crippen LogP contribution in [0.15, 0.2) is 36.4 Å². The summed E-state index contributed by atoms with van der Waals surface area (Å²) in [6.45, 7) is 3.98. The summed E-state index contributed by atoms with van der Waals surface area (Å²) < 4.78 is 5.43. The molecule has 1 aromatic heterocycles. The van der Waals surface area contributed by atoms with E-state index in [2.05, 4.69) is 29.4 Å². The van der Waals surface area contributed by atoms with Gasteiger partial charge in [0.25, 0.3) is 0 Å². The molecule has 92 valence electrons. The highest BCUT2D eigenvalue weighted by Gasteiger charge is 2.16. The van der Waals surface area contributed by atoms with Crippen LogP contribution in [0.1, 0.15) is 25.3 Å². The molecule has 1 unspecified atom stereocenters. The largest absolute Gasteiger partial charge is 0.501 e. The van der Waals surface area contributed by atoms with Crippen molar-refractivity contribution in [1.82, 2.24) is 10.3 Å². The highest BCUT2D eigenvalue weighted by molar-refractivity contribution is 5.18. The number of nitrogens with zero attached hydrogens (tertiary/aromatic N) is 1. The first-order valence-corrected chi connectivity index (χ1v) is 6.33. The lowest BCUT2D eigenvalue weighted by Crippen LogP contribution is -2.33. The number of ether oxygens (including phenoxy) is 1. The molecule has 17 heavy (non-hydrogen) atoms. The molecule has 1 aromatic rings. The second-order valence-corrected chi connectivity index (χ2v) is 4.34. The van der Waals surface area contributed by atoms with Crippen molar-refractivity contribution in [3.63, 3.8) is 0 Å². The summed E-state index contributed by atoms with van der Waals surface area (Å²) in [4.78, 5) is 4.05. The quantitative estimate of drug-likeness (QED) is 0.846. The van der Waals surface area contributed by atoms with Gasteiger partial charge in [-0.25, -0.2) is 0 Å². The van der Waals surface area contributed by atoms with Gasteiger partial charge in [0.15, 0.2) is 0 Å². The molecule has 3 nitrogen and oxygen atoms in total. The van der Waals surface area contributed by atoms with E-state index in [1.54, 1.807) is 0 Å². The van der Waals surface area contributed by atoms with E-state index in [-0.39, 0.29) is 0 Å². The van der Waals surface area contributed by atoms with Crippen molar-refractivity contribution in [3.05, 3.63) is 41.9 Å². The molecule has 1 atom stereocenters. The molecule has 0 bridgehead atoms. The van der Waals surface area contributed by atoms with Gasteiger partial charge in [-0.1, -0.05) is 6.92 Å². The van der Waals surface area contributed by atoms with E-state index < -0.39 is 0 Å². The molecule has 0 saturated carbocycles. The van der Waals surface area contributed by atoms with Gasteiger partial charge >= 0.3 is 0 Å². The summed E-state index contributed by atoms with van der Waals surface area (Å²) in [5.74, 6) is 0. The van der Waals surface area contributed by atoms with Crippen molar-refractivity contribution < 1.29 is 4.74 Å². The summed E-state index contributed by atoms with van der Waals surface area (Å²) in [5, 5.41) is 3.53. The van der Waals surface area contributed by atoms with Crippen LogP contribution < -0.4 is 5.32 Å². The summed E-state index contributed by atoms with van der Waals surface area (Å²) in [7, 11) is 0. The minimum atomic E-state index is 0.391. The smallest absolute Gasteiger partial charge is 0.0876 e. The second kappa shape index (κ2) is 6.40. The summed E-state index contributed by atoms with van der Waals surface area (Å²) in [6, 6.07) is 4.55. The lowest BCUT2D eigenvalue weighted by molar-refractivity contribution is 0.219. The number of hydrogen-bond donors (Lipinski definition) is 1. The van der Waals surface area contributed by atoms with Crippen LogP contribution in [0.25, 0.3) is 0 Å². The number of pyridine rings is 1. The Bertz CT molecular complexity index is 362. The van der Waals surface area contributed by atoms with E-state index in [0.29, 0.717) is 6.04 Å². The first-order valence-electron chi connectivity index (χ1n) is 6.33. The van der Waals surface area contributed by atoms with E-state index >= 15 is 0 Å². The summed E-state index contributed by atoms with van der Waals surface area (Å²) in [6.07, 6.45) is 8.92. The minimum absolute atomic E-state index is 0.391. The summed E-state index contributed by atoms with van der Waals surface area (Å²) >= 11 is 0. The minimum Gasteiger partial charge on any atom is -0.501 e. The van der Waals surface area contributed by atoms with E-state index in [0.717, 1.165) is 32.4 Å². The number of rotatable bonds is 5. The van der Waals surface area contributed by atoms with Crippen LogP contribution in [0.3, 0.4) is 0 Å². The third kappa shape index (κ3) is 3.56. The molecule has 0 spiro atoms. The van der Waals surface area contributed by atoms with Crippen molar-refractivity contribution in [2.24, 2.45) is 0 Å². The van der Waals surface area contributed by atoms with E-state index in [4.69, 9.17) is 4.74 Å². The fraction of sp³-hybridized carbons (Fsp3) is 0.500. The predicted molar refractivity (Wildman–Crippen MR) is 68.7 cm³/mol. The Labute approximate surface area is 103 Å².